The number of halogens is 2. The monoisotopic (exact) mass is 414 g/mol. The molecule has 4 rings (SSSR count). The number of rotatable bonds is 7. The second-order valence-electron chi connectivity index (χ2n) is 7.51. The zero-order valence-corrected chi connectivity index (χ0v) is 17.0. The summed E-state index contributed by atoms with van der Waals surface area (Å²) in [6, 6.07) is 33.8. The maximum absolute atomic E-state index is 13.8. The Labute approximate surface area is 181 Å². The van der Waals surface area contributed by atoms with Crippen LogP contribution in [0.2, 0.25) is 0 Å². The van der Waals surface area contributed by atoms with Gasteiger partial charge in [0.15, 0.2) is 11.6 Å². The predicted molar refractivity (Wildman–Crippen MR) is 120 cm³/mol. The molecule has 3 N–H and O–H groups in total. The first-order valence-electron chi connectivity index (χ1n) is 10.2. The normalized spacial score (nSPS) is 12.5. The van der Waals surface area contributed by atoms with Gasteiger partial charge < -0.3 is 5.73 Å². The molecule has 156 valence electrons. The first-order chi connectivity index (χ1) is 15.1. The molecule has 4 heteroatoms. The lowest BCUT2D eigenvalue weighted by Gasteiger charge is -2.38. The minimum Gasteiger partial charge on any atom is -0.323 e. The van der Waals surface area contributed by atoms with Gasteiger partial charge in [0.05, 0.1) is 5.54 Å². The number of hydrogen-bond donors (Lipinski definition) is 2. The lowest BCUT2D eigenvalue weighted by atomic mass is 9.77. The van der Waals surface area contributed by atoms with Crippen LogP contribution in [-0.4, -0.2) is 6.54 Å². The summed E-state index contributed by atoms with van der Waals surface area (Å²) in [6.07, 6.45) is 0. The summed E-state index contributed by atoms with van der Waals surface area (Å²) in [7, 11) is 0. The Balaban J connectivity index is 1.79. The van der Waals surface area contributed by atoms with Crippen molar-refractivity contribution in [2.24, 2.45) is 5.73 Å². The van der Waals surface area contributed by atoms with Crippen molar-refractivity contribution in [1.29, 1.82) is 0 Å². The van der Waals surface area contributed by atoms with Gasteiger partial charge in [-0.2, -0.15) is 0 Å². The van der Waals surface area contributed by atoms with Gasteiger partial charge in [-0.15, -0.1) is 0 Å². The molecule has 0 aliphatic carbocycles. The van der Waals surface area contributed by atoms with E-state index in [1.165, 1.54) is 6.07 Å². The van der Waals surface area contributed by atoms with Crippen LogP contribution in [0.1, 0.15) is 28.3 Å². The second kappa shape index (κ2) is 9.21. The zero-order valence-electron chi connectivity index (χ0n) is 17.0. The molecule has 0 saturated carbocycles. The van der Waals surface area contributed by atoms with Crippen molar-refractivity contribution in [2.45, 2.75) is 11.6 Å². The fourth-order valence-electron chi connectivity index (χ4n) is 3.99. The van der Waals surface area contributed by atoms with E-state index >= 15 is 0 Å². The molecule has 4 aromatic carbocycles. The van der Waals surface area contributed by atoms with Crippen LogP contribution in [0.4, 0.5) is 8.78 Å². The lowest BCUT2D eigenvalue weighted by molar-refractivity contribution is 0.445. The number of nitrogens with one attached hydrogen (secondary N) is 1. The molecule has 0 aliphatic heterocycles. The van der Waals surface area contributed by atoms with E-state index in [0.29, 0.717) is 12.1 Å². The summed E-state index contributed by atoms with van der Waals surface area (Å²) < 4.78 is 27.1. The van der Waals surface area contributed by atoms with Gasteiger partial charge in [-0.25, -0.2) is 8.78 Å². The third-order valence-corrected chi connectivity index (χ3v) is 5.58. The van der Waals surface area contributed by atoms with Gasteiger partial charge in [0.1, 0.15) is 0 Å². The molecule has 31 heavy (non-hydrogen) atoms. The molecule has 2 nitrogen and oxygen atoms in total. The highest BCUT2D eigenvalue weighted by Crippen LogP contribution is 2.37. The van der Waals surface area contributed by atoms with Crippen LogP contribution in [0.3, 0.4) is 0 Å². The minimum absolute atomic E-state index is 0.351. The van der Waals surface area contributed by atoms with Gasteiger partial charge in [0, 0.05) is 12.6 Å². The Kier molecular flexibility index (Phi) is 6.21. The molecule has 4 aromatic rings. The Morgan fingerprint density at radius 3 is 1.52 bits per heavy atom. The molecule has 0 radical (unpaired) electrons. The highest BCUT2D eigenvalue weighted by Gasteiger charge is 2.36. The van der Waals surface area contributed by atoms with Crippen LogP contribution in [0.15, 0.2) is 109 Å². The molecule has 0 amide bonds. The van der Waals surface area contributed by atoms with E-state index in [1.54, 1.807) is 0 Å². The molecule has 0 spiro atoms. The third kappa shape index (κ3) is 4.26. The quantitative estimate of drug-likeness (QED) is 0.389. The number of hydrogen-bond acceptors (Lipinski definition) is 2. The van der Waals surface area contributed by atoms with Crippen LogP contribution < -0.4 is 11.1 Å². The highest BCUT2D eigenvalue weighted by atomic mass is 19.2. The molecule has 0 heterocycles. The minimum atomic E-state index is -0.895. The van der Waals surface area contributed by atoms with E-state index in [2.05, 4.69) is 41.7 Å². The molecule has 0 saturated heterocycles. The van der Waals surface area contributed by atoms with Crippen molar-refractivity contribution in [3.8, 4) is 0 Å². The summed E-state index contributed by atoms with van der Waals surface area (Å²) in [4.78, 5) is 0. The molecule has 1 unspecified atom stereocenters. The summed E-state index contributed by atoms with van der Waals surface area (Å²) >= 11 is 0. The number of nitrogens with two attached hydrogens (primary N) is 1. The maximum Gasteiger partial charge on any atom is 0.159 e. The van der Waals surface area contributed by atoms with E-state index in [-0.39, 0.29) is 0 Å². The molecule has 0 bridgehead atoms. The molecule has 0 fully saturated rings. The Hall–Kier alpha value is -3.34. The van der Waals surface area contributed by atoms with E-state index in [1.807, 2.05) is 54.6 Å². The standard InChI is InChI=1S/C27H24F2N2/c28-24-17-16-20(18-25(24)29)26(30)19-31-27(21-10-4-1-5-11-21,22-12-6-2-7-13-22)23-14-8-3-9-15-23/h1-18,26,31H,19,30H2. The molecule has 0 aromatic heterocycles. The van der Waals surface area contributed by atoms with E-state index < -0.39 is 23.2 Å². The topological polar surface area (TPSA) is 38.0 Å². The summed E-state index contributed by atoms with van der Waals surface area (Å²) in [5, 5.41) is 3.67. The van der Waals surface area contributed by atoms with Crippen molar-refractivity contribution in [2.75, 3.05) is 6.54 Å². The first kappa shape index (κ1) is 20.9. The summed E-state index contributed by atoms with van der Waals surface area (Å²) in [5.41, 5.74) is 9.45. The van der Waals surface area contributed by atoms with E-state index in [4.69, 9.17) is 5.73 Å². The van der Waals surface area contributed by atoms with E-state index in [9.17, 15) is 8.78 Å². The van der Waals surface area contributed by atoms with Gasteiger partial charge in [0.25, 0.3) is 0 Å². The largest absolute Gasteiger partial charge is 0.323 e. The molecular formula is C27H24F2N2. The van der Waals surface area contributed by atoms with Gasteiger partial charge in [-0.3, -0.25) is 5.32 Å². The average molecular weight is 414 g/mol. The third-order valence-electron chi connectivity index (χ3n) is 5.58. The maximum atomic E-state index is 13.8. The highest BCUT2D eigenvalue weighted by molar-refractivity contribution is 5.49. The van der Waals surface area contributed by atoms with Gasteiger partial charge >= 0.3 is 0 Å². The smallest absolute Gasteiger partial charge is 0.159 e. The van der Waals surface area contributed by atoms with Crippen molar-refractivity contribution >= 4 is 0 Å². The van der Waals surface area contributed by atoms with Crippen molar-refractivity contribution in [1.82, 2.24) is 5.32 Å². The van der Waals surface area contributed by atoms with Crippen molar-refractivity contribution in [3.63, 3.8) is 0 Å². The Bertz CT molecular complexity index is 1020. The Morgan fingerprint density at radius 1 is 0.645 bits per heavy atom. The lowest BCUT2D eigenvalue weighted by Crippen LogP contribution is -2.47. The second-order valence-corrected chi connectivity index (χ2v) is 7.51. The molecule has 0 aliphatic rings. The number of benzene rings is 4. The predicted octanol–water partition coefficient (Wildman–Crippen LogP) is 5.55. The SMILES string of the molecule is NC(CNC(c1ccccc1)(c1ccccc1)c1ccccc1)c1ccc(F)c(F)c1. The fraction of sp³-hybridized carbons (Fsp3) is 0.111. The van der Waals surface area contributed by atoms with Gasteiger partial charge in [0.2, 0.25) is 0 Å². The average Bonchev–Trinajstić information content (AvgIpc) is 2.83. The zero-order chi connectivity index (χ0) is 21.7. The van der Waals surface area contributed by atoms with Crippen LogP contribution in [0, 0.1) is 11.6 Å². The summed E-state index contributed by atoms with van der Waals surface area (Å²) in [6.45, 7) is 0.351. The van der Waals surface area contributed by atoms with Gasteiger partial charge in [-0.05, 0) is 34.4 Å². The van der Waals surface area contributed by atoms with Crippen molar-refractivity contribution < 1.29 is 8.78 Å². The van der Waals surface area contributed by atoms with Crippen LogP contribution in [0.25, 0.3) is 0 Å². The van der Waals surface area contributed by atoms with E-state index in [0.717, 1.165) is 28.8 Å². The summed E-state index contributed by atoms with van der Waals surface area (Å²) in [5.74, 6) is -1.77. The van der Waals surface area contributed by atoms with Crippen LogP contribution in [-0.2, 0) is 5.54 Å². The van der Waals surface area contributed by atoms with Crippen molar-refractivity contribution in [3.05, 3.63) is 143 Å². The molecule has 1 atom stereocenters. The molecular weight excluding hydrogens is 390 g/mol. The first-order valence-corrected chi connectivity index (χ1v) is 10.2. The Morgan fingerprint density at radius 2 is 1.10 bits per heavy atom. The van der Waals surface area contributed by atoms with Gasteiger partial charge in [-0.1, -0.05) is 97.1 Å². The van der Waals surface area contributed by atoms with Crippen LogP contribution >= 0.6 is 0 Å². The van der Waals surface area contributed by atoms with Crippen LogP contribution in [0.5, 0.6) is 0 Å². The fourth-order valence-corrected chi connectivity index (χ4v) is 3.99.